The zero-order valence-corrected chi connectivity index (χ0v) is 6.83. The molecule has 1 aliphatic rings. The van der Waals surface area contributed by atoms with Crippen LogP contribution in [0.2, 0.25) is 0 Å². The molecule has 0 aromatic rings. The number of aliphatic imine (C=N–C) groups is 1. The SMILES string of the molecule is CC1C(=O)N=C(CCN)NC1=O. The van der Waals surface area contributed by atoms with E-state index in [1.807, 2.05) is 0 Å². The van der Waals surface area contributed by atoms with Crippen molar-refractivity contribution < 1.29 is 9.59 Å². The van der Waals surface area contributed by atoms with Crippen molar-refractivity contribution in [3.8, 4) is 0 Å². The number of carbonyl (C=O) groups is 2. The quantitative estimate of drug-likeness (QED) is 0.521. The van der Waals surface area contributed by atoms with Gasteiger partial charge < -0.3 is 11.1 Å². The van der Waals surface area contributed by atoms with E-state index >= 15 is 0 Å². The highest BCUT2D eigenvalue weighted by Crippen LogP contribution is 2.04. The van der Waals surface area contributed by atoms with Crippen LogP contribution in [0.3, 0.4) is 0 Å². The number of amides is 2. The Labute approximate surface area is 70.0 Å². The van der Waals surface area contributed by atoms with Gasteiger partial charge in [-0.3, -0.25) is 9.59 Å². The standard InChI is InChI=1S/C7H11N3O2/c1-4-6(11)9-5(2-3-8)10-7(4)12/h4H,2-3,8H2,1H3,(H,9,10,11,12). The maximum absolute atomic E-state index is 11.0. The van der Waals surface area contributed by atoms with E-state index < -0.39 is 5.92 Å². The van der Waals surface area contributed by atoms with Crippen LogP contribution >= 0.6 is 0 Å². The fraction of sp³-hybridized carbons (Fsp3) is 0.571. The van der Waals surface area contributed by atoms with Gasteiger partial charge in [-0.15, -0.1) is 0 Å². The van der Waals surface area contributed by atoms with Crippen LogP contribution in [0.1, 0.15) is 13.3 Å². The molecule has 0 aromatic heterocycles. The minimum absolute atomic E-state index is 0.293. The number of nitrogens with one attached hydrogen (secondary N) is 1. The van der Waals surface area contributed by atoms with E-state index in [9.17, 15) is 9.59 Å². The van der Waals surface area contributed by atoms with E-state index in [2.05, 4.69) is 10.3 Å². The highest BCUT2D eigenvalue weighted by Gasteiger charge is 2.26. The lowest BCUT2D eigenvalue weighted by atomic mass is 10.1. The summed E-state index contributed by atoms with van der Waals surface area (Å²) in [7, 11) is 0. The number of carbonyl (C=O) groups excluding carboxylic acids is 2. The molecule has 0 aliphatic carbocycles. The van der Waals surface area contributed by atoms with Crippen molar-refractivity contribution in [2.45, 2.75) is 13.3 Å². The molecule has 3 N–H and O–H groups in total. The number of hydrogen-bond donors (Lipinski definition) is 2. The Bertz CT molecular complexity index is 247. The lowest BCUT2D eigenvalue weighted by Gasteiger charge is -2.16. The van der Waals surface area contributed by atoms with E-state index in [0.717, 1.165) is 0 Å². The Morgan fingerprint density at radius 2 is 2.25 bits per heavy atom. The van der Waals surface area contributed by atoms with E-state index in [0.29, 0.717) is 18.8 Å². The fourth-order valence-electron chi connectivity index (χ4n) is 0.876. The molecule has 0 radical (unpaired) electrons. The molecule has 1 heterocycles. The molecule has 0 saturated heterocycles. The minimum Gasteiger partial charge on any atom is -0.330 e. The summed E-state index contributed by atoms with van der Waals surface area (Å²) in [4.78, 5) is 25.7. The lowest BCUT2D eigenvalue weighted by molar-refractivity contribution is -0.132. The minimum atomic E-state index is -0.661. The monoisotopic (exact) mass is 169 g/mol. The normalized spacial score (nSPS) is 23.5. The number of nitrogens with two attached hydrogens (primary N) is 1. The second-order valence-corrected chi connectivity index (χ2v) is 2.65. The molecule has 1 unspecified atom stereocenters. The first-order valence-electron chi connectivity index (χ1n) is 3.77. The molecule has 2 amide bonds. The van der Waals surface area contributed by atoms with Crippen molar-refractivity contribution in [3.63, 3.8) is 0 Å². The van der Waals surface area contributed by atoms with E-state index in [4.69, 9.17) is 5.73 Å². The van der Waals surface area contributed by atoms with Crippen LogP contribution in [0.15, 0.2) is 4.99 Å². The largest absolute Gasteiger partial charge is 0.330 e. The maximum Gasteiger partial charge on any atom is 0.259 e. The topological polar surface area (TPSA) is 84.6 Å². The van der Waals surface area contributed by atoms with Gasteiger partial charge in [0.05, 0.1) is 0 Å². The van der Waals surface area contributed by atoms with Crippen molar-refractivity contribution in [1.29, 1.82) is 0 Å². The van der Waals surface area contributed by atoms with E-state index in [1.54, 1.807) is 0 Å². The van der Waals surface area contributed by atoms with Gasteiger partial charge in [-0.05, 0) is 13.5 Å². The predicted octanol–water partition coefficient (Wildman–Crippen LogP) is -0.974. The Balaban J connectivity index is 2.74. The summed E-state index contributed by atoms with van der Waals surface area (Å²) >= 11 is 0. The molecule has 1 aliphatic heterocycles. The highest BCUT2D eigenvalue weighted by molar-refractivity contribution is 6.15. The smallest absolute Gasteiger partial charge is 0.259 e. The predicted molar refractivity (Wildman–Crippen MR) is 43.4 cm³/mol. The van der Waals surface area contributed by atoms with Gasteiger partial charge in [0.15, 0.2) is 0 Å². The molecule has 0 fully saturated rings. The van der Waals surface area contributed by atoms with Gasteiger partial charge in [-0.2, -0.15) is 4.99 Å². The number of nitrogens with zero attached hydrogens (tertiary/aromatic N) is 1. The van der Waals surface area contributed by atoms with Crippen LogP contribution in [-0.4, -0.2) is 24.2 Å². The van der Waals surface area contributed by atoms with Gasteiger partial charge in [0.25, 0.3) is 5.91 Å². The Morgan fingerprint density at radius 1 is 1.58 bits per heavy atom. The molecular weight excluding hydrogens is 158 g/mol. The first-order chi connectivity index (χ1) is 5.65. The van der Waals surface area contributed by atoms with Crippen LogP contribution < -0.4 is 11.1 Å². The molecule has 5 nitrogen and oxygen atoms in total. The Hall–Kier alpha value is -1.23. The van der Waals surface area contributed by atoms with Gasteiger partial charge in [0.2, 0.25) is 5.91 Å². The van der Waals surface area contributed by atoms with Crippen LogP contribution in [-0.2, 0) is 9.59 Å². The van der Waals surface area contributed by atoms with Crippen LogP contribution in [0.5, 0.6) is 0 Å². The zero-order chi connectivity index (χ0) is 9.14. The van der Waals surface area contributed by atoms with Crippen molar-refractivity contribution in [2.24, 2.45) is 16.6 Å². The number of rotatable bonds is 2. The van der Waals surface area contributed by atoms with Crippen LogP contribution in [0.25, 0.3) is 0 Å². The molecule has 0 bridgehead atoms. The van der Waals surface area contributed by atoms with Gasteiger partial charge in [-0.25, -0.2) is 0 Å². The molecule has 12 heavy (non-hydrogen) atoms. The third kappa shape index (κ3) is 1.68. The van der Waals surface area contributed by atoms with Gasteiger partial charge in [-0.1, -0.05) is 0 Å². The maximum atomic E-state index is 11.0. The highest BCUT2D eigenvalue weighted by atomic mass is 16.2. The summed E-state index contributed by atoms with van der Waals surface area (Å²) in [5.74, 6) is -0.960. The third-order valence-electron chi connectivity index (χ3n) is 1.66. The van der Waals surface area contributed by atoms with Crippen LogP contribution in [0, 0.1) is 5.92 Å². The summed E-state index contributed by atoms with van der Waals surface area (Å²) < 4.78 is 0. The van der Waals surface area contributed by atoms with Gasteiger partial charge in [0, 0.05) is 6.42 Å². The molecule has 0 saturated carbocycles. The summed E-state index contributed by atoms with van der Waals surface area (Å²) in [6.07, 6.45) is 0.435. The van der Waals surface area contributed by atoms with Gasteiger partial charge >= 0.3 is 0 Å². The molecule has 66 valence electrons. The van der Waals surface area contributed by atoms with Crippen molar-refractivity contribution in [3.05, 3.63) is 0 Å². The molecular formula is C7H11N3O2. The van der Waals surface area contributed by atoms with Crippen molar-refractivity contribution in [2.75, 3.05) is 6.54 Å². The second kappa shape index (κ2) is 3.44. The number of amidine groups is 1. The van der Waals surface area contributed by atoms with E-state index in [1.165, 1.54) is 6.92 Å². The summed E-state index contributed by atoms with van der Waals surface area (Å²) in [5.41, 5.74) is 5.24. The average molecular weight is 169 g/mol. The molecule has 1 atom stereocenters. The van der Waals surface area contributed by atoms with E-state index in [-0.39, 0.29) is 11.8 Å². The molecule has 1 rings (SSSR count). The first kappa shape index (κ1) is 8.86. The summed E-state index contributed by atoms with van der Waals surface area (Å²) in [6, 6.07) is 0. The summed E-state index contributed by atoms with van der Waals surface area (Å²) in [5, 5.41) is 2.51. The third-order valence-corrected chi connectivity index (χ3v) is 1.66. The molecule has 5 heteroatoms. The zero-order valence-electron chi connectivity index (χ0n) is 6.83. The second-order valence-electron chi connectivity index (χ2n) is 2.65. The van der Waals surface area contributed by atoms with Crippen LogP contribution in [0.4, 0.5) is 0 Å². The number of hydrogen-bond acceptors (Lipinski definition) is 3. The fourth-order valence-corrected chi connectivity index (χ4v) is 0.876. The summed E-state index contributed by atoms with van der Waals surface area (Å²) in [6.45, 7) is 1.90. The average Bonchev–Trinajstić information content (AvgIpc) is 2.01. The Morgan fingerprint density at radius 3 is 2.75 bits per heavy atom. The van der Waals surface area contributed by atoms with Crippen molar-refractivity contribution >= 4 is 17.6 Å². The first-order valence-corrected chi connectivity index (χ1v) is 3.77. The molecule has 0 aromatic carbocycles. The molecule has 0 spiro atoms. The van der Waals surface area contributed by atoms with Gasteiger partial charge in [0.1, 0.15) is 11.8 Å². The van der Waals surface area contributed by atoms with Crippen molar-refractivity contribution in [1.82, 2.24) is 5.32 Å². The lowest BCUT2D eigenvalue weighted by Crippen LogP contribution is -2.43. The Kier molecular flexibility index (Phi) is 2.54.